The molecule has 31 heavy (non-hydrogen) atoms. The maximum atomic E-state index is 13.5. The number of hydrogen-bond acceptors (Lipinski definition) is 5. The minimum atomic E-state index is -1.44. The summed E-state index contributed by atoms with van der Waals surface area (Å²) in [6, 6.07) is 15.4. The summed E-state index contributed by atoms with van der Waals surface area (Å²) in [6.45, 7) is 4.72. The number of aliphatic hydroxyl groups is 1. The molecule has 2 aromatic carbocycles. The summed E-state index contributed by atoms with van der Waals surface area (Å²) in [5.41, 5.74) is 1.13. The Morgan fingerprint density at radius 1 is 0.968 bits per heavy atom. The van der Waals surface area contributed by atoms with Crippen molar-refractivity contribution in [2.45, 2.75) is 44.0 Å². The summed E-state index contributed by atoms with van der Waals surface area (Å²) < 4.78 is 27.4. The van der Waals surface area contributed by atoms with E-state index in [0.717, 1.165) is 22.6 Å². The molecule has 1 N–H and O–H groups in total. The van der Waals surface area contributed by atoms with Gasteiger partial charge in [0.15, 0.2) is 0 Å². The van der Waals surface area contributed by atoms with E-state index < -0.39 is 16.6 Å². The van der Waals surface area contributed by atoms with Crippen molar-refractivity contribution in [1.82, 2.24) is 14.1 Å². The third kappa shape index (κ3) is 6.65. The molecule has 0 saturated heterocycles. The normalized spacial score (nSPS) is 12.7. The van der Waals surface area contributed by atoms with Crippen LogP contribution in [-0.2, 0) is 30.6 Å². The number of rotatable bonds is 10. The lowest BCUT2D eigenvalue weighted by Crippen LogP contribution is -2.26. The van der Waals surface area contributed by atoms with Crippen molar-refractivity contribution in [3.63, 3.8) is 0 Å². The molecule has 1 unspecified atom stereocenters. The molecule has 0 aliphatic heterocycles. The lowest BCUT2D eigenvalue weighted by Gasteiger charge is -2.21. The number of hydrogen-bond donors (Lipinski definition) is 1. The van der Waals surface area contributed by atoms with Crippen molar-refractivity contribution in [3.8, 4) is 11.5 Å². The molecule has 0 aliphatic carbocycles. The topological polar surface area (TPSA) is 76.8 Å². The zero-order valence-electron chi connectivity index (χ0n) is 18.3. The molecule has 0 bridgehead atoms. The maximum absolute atomic E-state index is 13.5. The third-order valence-electron chi connectivity index (χ3n) is 4.63. The fourth-order valence-corrected chi connectivity index (χ4v) is 4.29. The first-order valence-corrected chi connectivity index (χ1v) is 11.1. The molecule has 166 valence electrons. The van der Waals surface area contributed by atoms with Gasteiger partial charge in [0, 0.05) is 19.3 Å². The van der Waals surface area contributed by atoms with Crippen LogP contribution in [0.3, 0.4) is 0 Å². The van der Waals surface area contributed by atoms with Gasteiger partial charge in [-0.2, -0.15) is 5.10 Å². The van der Waals surface area contributed by atoms with E-state index in [2.05, 4.69) is 5.10 Å². The molecular formula is C23H29N3O4S. The van der Waals surface area contributed by atoms with Gasteiger partial charge in [-0.1, -0.05) is 24.3 Å². The number of nitrogens with zero attached hydrogens (tertiary/aromatic N) is 3. The van der Waals surface area contributed by atoms with E-state index in [0.29, 0.717) is 24.5 Å². The Bertz CT molecular complexity index is 945. The second-order valence-electron chi connectivity index (χ2n) is 7.93. The van der Waals surface area contributed by atoms with E-state index in [1.54, 1.807) is 45.1 Å². The molecule has 0 radical (unpaired) electrons. The van der Waals surface area contributed by atoms with Crippen LogP contribution in [0.1, 0.15) is 25.0 Å². The second-order valence-corrected chi connectivity index (χ2v) is 9.42. The van der Waals surface area contributed by atoms with Gasteiger partial charge in [-0.25, -0.2) is 8.51 Å². The fourth-order valence-electron chi connectivity index (χ4n) is 3.11. The van der Waals surface area contributed by atoms with Crippen molar-refractivity contribution < 1.29 is 18.8 Å². The molecule has 3 rings (SSSR count). The van der Waals surface area contributed by atoms with Gasteiger partial charge in [-0.15, -0.1) is 0 Å². The summed E-state index contributed by atoms with van der Waals surface area (Å²) in [5.74, 6) is 1.55. The predicted molar refractivity (Wildman–Crippen MR) is 120 cm³/mol. The van der Waals surface area contributed by atoms with Crippen molar-refractivity contribution in [3.05, 3.63) is 72.1 Å². The molecule has 1 heterocycles. The van der Waals surface area contributed by atoms with Gasteiger partial charge in [0.2, 0.25) is 0 Å². The highest BCUT2D eigenvalue weighted by Crippen LogP contribution is 2.21. The summed E-state index contributed by atoms with van der Waals surface area (Å²) >= 11 is 0. The van der Waals surface area contributed by atoms with Gasteiger partial charge in [-0.05, 0) is 49.2 Å². The average Bonchev–Trinajstić information content (AvgIpc) is 3.20. The molecule has 7 nitrogen and oxygen atoms in total. The quantitative estimate of drug-likeness (QED) is 0.520. The summed E-state index contributed by atoms with van der Waals surface area (Å²) in [7, 11) is 1.82. The standard InChI is InChI=1S/C23H29N3O4S/c1-23(2,27)17-25-16-22(13-24-25)31(28)26(14-18-5-9-20(29-3)10-6-18)15-19-7-11-21(30-4)12-8-19/h5-13,16,27H,14-15,17H2,1-4H3. The monoisotopic (exact) mass is 443 g/mol. The molecule has 0 amide bonds. The molecule has 3 aromatic rings. The highest BCUT2D eigenvalue weighted by molar-refractivity contribution is 7.82. The molecule has 1 aromatic heterocycles. The second kappa shape index (κ2) is 10.1. The Kier molecular flexibility index (Phi) is 7.48. The van der Waals surface area contributed by atoms with E-state index in [1.165, 1.54) is 0 Å². The minimum Gasteiger partial charge on any atom is -0.497 e. The van der Waals surface area contributed by atoms with Crippen LogP contribution in [0, 0.1) is 0 Å². The number of methoxy groups -OCH3 is 2. The average molecular weight is 444 g/mol. The van der Waals surface area contributed by atoms with Crippen LogP contribution in [-0.4, -0.2) is 43.2 Å². The highest BCUT2D eigenvalue weighted by atomic mass is 32.2. The maximum Gasteiger partial charge on any atom is 0.131 e. The molecule has 1 atom stereocenters. The van der Waals surface area contributed by atoms with Gasteiger partial charge in [-0.3, -0.25) is 4.68 Å². The smallest absolute Gasteiger partial charge is 0.131 e. The Balaban J connectivity index is 1.83. The molecule has 0 fully saturated rings. The SMILES string of the molecule is COc1ccc(CN(Cc2ccc(OC)cc2)S(=O)c2cnn(CC(C)(C)O)c2)cc1. The predicted octanol–water partition coefficient (Wildman–Crippen LogP) is 3.40. The van der Waals surface area contributed by atoms with E-state index in [9.17, 15) is 9.32 Å². The molecule has 0 spiro atoms. The van der Waals surface area contributed by atoms with Crippen LogP contribution < -0.4 is 9.47 Å². The third-order valence-corrected chi connectivity index (χ3v) is 5.97. The van der Waals surface area contributed by atoms with E-state index in [1.807, 2.05) is 52.8 Å². The van der Waals surface area contributed by atoms with Crippen LogP contribution in [0.2, 0.25) is 0 Å². The van der Waals surface area contributed by atoms with Crippen LogP contribution in [0.5, 0.6) is 11.5 Å². The largest absolute Gasteiger partial charge is 0.497 e. The molecule has 0 saturated carbocycles. The van der Waals surface area contributed by atoms with E-state index >= 15 is 0 Å². The van der Waals surface area contributed by atoms with Gasteiger partial charge in [0.1, 0.15) is 22.5 Å². The minimum absolute atomic E-state index is 0.321. The zero-order valence-corrected chi connectivity index (χ0v) is 19.1. The number of benzene rings is 2. The van der Waals surface area contributed by atoms with Crippen molar-refractivity contribution in [2.75, 3.05) is 14.2 Å². The lowest BCUT2D eigenvalue weighted by molar-refractivity contribution is 0.0577. The first-order chi connectivity index (χ1) is 14.8. The molecule has 0 aliphatic rings. The summed E-state index contributed by atoms with van der Waals surface area (Å²) in [6.07, 6.45) is 3.32. The van der Waals surface area contributed by atoms with E-state index in [-0.39, 0.29) is 0 Å². The number of ether oxygens (including phenoxy) is 2. The van der Waals surface area contributed by atoms with Crippen molar-refractivity contribution in [1.29, 1.82) is 0 Å². The molecular weight excluding hydrogens is 414 g/mol. The van der Waals surface area contributed by atoms with Crippen LogP contribution in [0.4, 0.5) is 0 Å². The Labute approximate surface area is 185 Å². The van der Waals surface area contributed by atoms with Crippen molar-refractivity contribution in [2.24, 2.45) is 0 Å². The Morgan fingerprint density at radius 3 is 1.87 bits per heavy atom. The fraction of sp³-hybridized carbons (Fsp3) is 0.348. The van der Waals surface area contributed by atoms with Gasteiger partial charge in [0.05, 0.1) is 37.5 Å². The zero-order chi connectivity index (χ0) is 22.4. The first-order valence-electron chi connectivity index (χ1n) is 9.95. The summed E-state index contributed by atoms with van der Waals surface area (Å²) in [4.78, 5) is 0.589. The Morgan fingerprint density at radius 2 is 1.45 bits per heavy atom. The van der Waals surface area contributed by atoms with Gasteiger partial charge in [0.25, 0.3) is 0 Å². The van der Waals surface area contributed by atoms with Gasteiger partial charge < -0.3 is 14.6 Å². The lowest BCUT2D eigenvalue weighted by atomic mass is 10.1. The van der Waals surface area contributed by atoms with Crippen LogP contribution >= 0.6 is 0 Å². The van der Waals surface area contributed by atoms with Gasteiger partial charge >= 0.3 is 0 Å². The van der Waals surface area contributed by atoms with Crippen LogP contribution in [0.15, 0.2) is 65.8 Å². The summed E-state index contributed by atoms with van der Waals surface area (Å²) in [5, 5.41) is 14.3. The molecule has 8 heteroatoms. The first kappa shape index (κ1) is 23.0. The van der Waals surface area contributed by atoms with E-state index in [4.69, 9.17) is 9.47 Å². The highest BCUT2D eigenvalue weighted by Gasteiger charge is 2.20. The number of aromatic nitrogens is 2. The van der Waals surface area contributed by atoms with Crippen LogP contribution in [0.25, 0.3) is 0 Å². The van der Waals surface area contributed by atoms with Crippen molar-refractivity contribution >= 4 is 11.0 Å². The Hall–Kier alpha value is -2.68.